The van der Waals surface area contributed by atoms with Crippen molar-refractivity contribution in [1.29, 1.82) is 0 Å². The number of methoxy groups -OCH3 is 1. The third-order valence-corrected chi connectivity index (χ3v) is 3.15. The first-order valence-electron chi connectivity index (χ1n) is 6.69. The van der Waals surface area contributed by atoms with Crippen molar-refractivity contribution in [2.24, 2.45) is 5.73 Å². The number of hydrogen-bond donors (Lipinski definition) is 2. The molecule has 1 unspecified atom stereocenters. The molecule has 0 aliphatic rings. The number of ether oxygens (including phenoxy) is 1. The smallest absolute Gasteiger partial charge is 0.239 e. The monoisotopic (exact) mass is 264 g/mol. The molecule has 0 aromatic heterocycles. The van der Waals surface area contributed by atoms with Gasteiger partial charge in [0.25, 0.3) is 0 Å². The Balaban J connectivity index is 2.39. The van der Waals surface area contributed by atoms with Crippen molar-refractivity contribution < 1.29 is 9.53 Å². The van der Waals surface area contributed by atoms with E-state index in [9.17, 15) is 4.79 Å². The minimum atomic E-state index is -0.769. The summed E-state index contributed by atoms with van der Waals surface area (Å²) in [5.41, 5.74) is 6.35. The molecule has 1 rings (SSSR count). The van der Waals surface area contributed by atoms with E-state index in [1.165, 1.54) is 0 Å². The number of carbonyl (C=O) groups excluding carboxylic acids is 1. The number of amides is 1. The van der Waals surface area contributed by atoms with E-state index in [-0.39, 0.29) is 5.91 Å². The molecule has 3 N–H and O–H groups in total. The van der Waals surface area contributed by atoms with E-state index in [0.717, 1.165) is 24.2 Å². The first kappa shape index (κ1) is 15.5. The molecule has 4 heteroatoms. The van der Waals surface area contributed by atoms with Gasteiger partial charge in [0.1, 0.15) is 5.75 Å². The third kappa shape index (κ3) is 4.91. The third-order valence-electron chi connectivity index (χ3n) is 3.15. The molecule has 1 aromatic carbocycles. The molecular weight excluding hydrogens is 240 g/mol. The van der Waals surface area contributed by atoms with Crippen LogP contribution in [0.1, 0.15) is 32.3 Å². The summed E-state index contributed by atoms with van der Waals surface area (Å²) in [5, 5.41) is 2.89. The Morgan fingerprint density at radius 3 is 2.53 bits per heavy atom. The molecule has 1 aromatic rings. The predicted octanol–water partition coefficient (Wildman–Crippen LogP) is 1.87. The van der Waals surface area contributed by atoms with Gasteiger partial charge < -0.3 is 15.8 Å². The average molecular weight is 264 g/mol. The fourth-order valence-electron chi connectivity index (χ4n) is 1.95. The van der Waals surface area contributed by atoms with Crippen LogP contribution in [-0.4, -0.2) is 25.1 Å². The van der Waals surface area contributed by atoms with Crippen molar-refractivity contribution in [3.8, 4) is 5.75 Å². The molecular formula is C15H24N2O2. The quantitative estimate of drug-likeness (QED) is 0.790. The van der Waals surface area contributed by atoms with Crippen LogP contribution in [0.25, 0.3) is 0 Å². The second kappa shape index (κ2) is 7.14. The van der Waals surface area contributed by atoms with Gasteiger partial charge in [-0.05, 0) is 37.5 Å². The maximum Gasteiger partial charge on any atom is 0.239 e. The first-order chi connectivity index (χ1) is 8.99. The maximum absolute atomic E-state index is 11.9. The highest BCUT2D eigenvalue weighted by molar-refractivity contribution is 5.85. The van der Waals surface area contributed by atoms with Gasteiger partial charge in [0.15, 0.2) is 0 Å². The van der Waals surface area contributed by atoms with Gasteiger partial charge in [0.05, 0.1) is 12.6 Å². The lowest BCUT2D eigenvalue weighted by Crippen LogP contribution is -2.51. The standard InChI is InChI=1S/C15H24N2O2/c1-4-10-15(2,16)14(18)17-11-9-12-5-7-13(19-3)8-6-12/h5-8H,4,9-11,16H2,1-3H3,(H,17,18). The van der Waals surface area contributed by atoms with Crippen molar-refractivity contribution in [2.75, 3.05) is 13.7 Å². The average Bonchev–Trinajstić information content (AvgIpc) is 2.39. The van der Waals surface area contributed by atoms with Crippen LogP contribution in [0.2, 0.25) is 0 Å². The largest absolute Gasteiger partial charge is 0.497 e. The summed E-state index contributed by atoms with van der Waals surface area (Å²) in [6.07, 6.45) is 2.39. The van der Waals surface area contributed by atoms with Gasteiger partial charge >= 0.3 is 0 Å². The van der Waals surface area contributed by atoms with Crippen LogP contribution in [0, 0.1) is 0 Å². The van der Waals surface area contributed by atoms with Crippen LogP contribution in [-0.2, 0) is 11.2 Å². The normalized spacial score (nSPS) is 13.7. The number of rotatable bonds is 7. The minimum absolute atomic E-state index is 0.0807. The van der Waals surface area contributed by atoms with Crippen molar-refractivity contribution in [2.45, 2.75) is 38.6 Å². The number of nitrogens with two attached hydrogens (primary N) is 1. The fraction of sp³-hybridized carbons (Fsp3) is 0.533. The minimum Gasteiger partial charge on any atom is -0.497 e. The zero-order valence-electron chi connectivity index (χ0n) is 12.0. The van der Waals surface area contributed by atoms with Crippen molar-refractivity contribution in [1.82, 2.24) is 5.32 Å². The van der Waals surface area contributed by atoms with Crippen LogP contribution in [0.5, 0.6) is 5.75 Å². The highest BCUT2D eigenvalue weighted by Gasteiger charge is 2.26. The van der Waals surface area contributed by atoms with Crippen LogP contribution in [0.3, 0.4) is 0 Å². The van der Waals surface area contributed by atoms with Gasteiger partial charge in [0, 0.05) is 6.54 Å². The maximum atomic E-state index is 11.9. The topological polar surface area (TPSA) is 64.4 Å². The van der Waals surface area contributed by atoms with E-state index in [1.54, 1.807) is 14.0 Å². The molecule has 0 aliphatic heterocycles. The first-order valence-corrected chi connectivity index (χ1v) is 6.69. The summed E-state index contributed by atoms with van der Waals surface area (Å²) >= 11 is 0. The summed E-state index contributed by atoms with van der Waals surface area (Å²) in [7, 11) is 1.64. The Hall–Kier alpha value is -1.55. The second-order valence-corrected chi connectivity index (χ2v) is 5.02. The number of nitrogens with one attached hydrogen (secondary N) is 1. The number of benzene rings is 1. The number of carbonyl (C=O) groups is 1. The van der Waals surface area contributed by atoms with Crippen molar-refractivity contribution >= 4 is 5.91 Å². The SMILES string of the molecule is CCCC(C)(N)C(=O)NCCc1ccc(OC)cc1. The molecule has 106 valence electrons. The molecule has 19 heavy (non-hydrogen) atoms. The van der Waals surface area contributed by atoms with E-state index in [1.807, 2.05) is 31.2 Å². The van der Waals surface area contributed by atoms with Crippen molar-refractivity contribution in [3.63, 3.8) is 0 Å². The number of hydrogen-bond acceptors (Lipinski definition) is 3. The Bertz CT molecular complexity index is 399. The zero-order chi connectivity index (χ0) is 14.3. The lowest BCUT2D eigenvalue weighted by molar-refractivity contribution is -0.126. The Morgan fingerprint density at radius 1 is 1.37 bits per heavy atom. The van der Waals surface area contributed by atoms with Crippen LogP contribution in [0.4, 0.5) is 0 Å². The molecule has 4 nitrogen and oxygen atoms in total. The summed E-state index contributed by atoms with van der Waals surface area (Å²) < 4.78 is 5.10. The molecule has 0 saturated heterocycles. The Kier molecular flexibility index (Phi) is 5.83. The zero-order valence-corrected chi connectivity index (χ0v) is 12.0. The lowest BCUT2D eigenvalue weighted by atomic mass is 9.96. The summed E-state index contributed by atoms with van der Waals surface area (Å²) in [4.78, 5) is 11.9. The van der Waals surface area contributed by atoms with E-state index < -0.39 is 5.54 Å². The van der Waals surface area contributed by atoms with Gasteiger partial charge in [-0.15, -0.1) is 0 Å². The summed E-state index contributed by atoms with van der Waals surface area (Å²) in [5.74, 6) is 0.758. The Labute approximate surface area is 115 Å². The van der Waals surface area contributed by atoms with Crippen LogP contribution < -0.4 is 15.8 Å². The molecule has 0 radical (unpaired) electrons. The van der Waals surface area contributed by atoms with E-state index in [0.29, 0.717) is 13.0 Å². The van der Waals surface area contributed by atoms with E-state index in [2.05, 4.69) is 5.32 Å². The highest BCUT2D eigenvalue weighted by atomic mass is 16.5. The van der Waals surface area contributed by atoms with Gasteiger partial charge in [-0.1, -0.05) is 25.5 Å². The van der Waals surface area contributed by atoms with E-state index in [4.69, 9.17) is 10.5 Å². The lowest BCUT2D eigenvalue weighted by Gasteiger charge is -2.22. The molecule has 0 saturated carbocycles. The second-order valence-electron chi connectivity index (χ2n) is 5.02. The molecule has 0 spiro atoms. The summed E-state index contributed by atoms with van der Waals surface area (Å²) in [6.45, 7) is 4.40. The highest BCUT2D eigenvalue weighted by Crippen LogP contribution is 2.12. The fourth-order valence-corrected chi connectivity index (χ4v) is 1.95. The van der Waals surface area contributed by atoms with Gasteiger partial charge in [-0.25, -0.2) is 0 Å². The van der Waals surface area contributed by atoms with Gasteiger partial charge in [-0.2, -0.15) is 0 Å². The Morgan fingerprint density at radius 2 is 2.00 bits per heavy atom. The van der Waals surface area contributed by atoms with E-state index >= 15 is 0 Å². The van der Waals surface area contributed by atoms with Gasteiger partial charge in [0.2, 0.25) is 5.91 Å². The van der Waals surface area contributed by atoms with Gasteiger partial charge in [-0.3, -0.25) is 4.79 Å². The van der Waals surface area contributed by atoms with Crippen LogP contribution in [0.15, 0.2) is 24.3 Å². The molecule has 0 heterocycles. The van der Waals surface area contributed by atoms with Crippen LogP contribution >= 0.6 is 0 Å². The molecule has 1 atom stereocenters. The molecule has 1 amide bonds. The summed E-state index contributed by atoms with van der Waals surface area (Å²) in [6, 6.07) is 7.83. The predicted molar refractivity (Wildman–Crippen MR) is 77.2 cm³/mol. The molecule has 0 bridgehead atoms. The van der Waals surface area contributed by atoms with Crippen molar-refractivity contribution in [3.05, 3.63) is 29.8 Å². The molecule has 0 fully saturated rings. The molecule has 0 aliphatic carbocycles.